The Balaban J connectivity index is 2.27. The average Bonchev–Trinajstić information content (AvgIpc) is 2.43. The number of aromatic nitrogens is 1. The van der Waals surface area contributed by atoms with Crippen LogP contribution in [0.1, 0.15) is 5.56 Å². The lowest BCUT2D eigenvalue weighted by atomic mass is 10.2. The molecule has 106 valence electrons. The molecule has 5 nitrogen and oxygen atoms in total. The summed E-state index contributed by atoms with van der Waals surface area (Å²) in [6.45, 7) is 1.61. The molecule has 2 N–H and O–H groups in total. The second kappa shape index (κ2) is 5.46. The van der Waals surface area contributed by atoms with Crippen LogP contribution < -0.4 is 10.0 Å². The zero-order valence-corrected chi connectivity index (χ0v) is 11.8. The van der Waals surface area contributed by atoms with Gasteiger partial charge in [0, 0.05) is 13.2 Å². The van der Waals surface area contributed by atoms with Gasteiger partial charge in [0.05, 0.1) is 5.69 Å². The Morgan fingerprint density at radius 2 is 1.95 bits per heavy atom. The van der Waals surface area contributed by atoms with Gasteiger partial charge in [-0.05, 0) is 36.8 Å². The second-order valence-electron chi connectivity index (χ2n) is 4.20. The van der Waals surface area contributed by atoms with Crippen LogP contribution in [0.5, 0.6) is 0 Å². The zero-order chi connectivity index (χ0) is 14.8. The lowest BCUT2D eigenvalue weighted by Crippen LogP contribution is -2.13. The largest absolute Gasteiger partial charge is 0.373 e. The van der Waals surface area contributed by atoms with E-state index in [2.05, 4.69) is 15.0 Å². The molecule has 0 aliphatic rings. The Morgan fingerprint density at radius 1 is 1.20 bits per heavy atom. The quantitative estimate of drug-likeness (QED) is 0.908. The van der Waals surface area contributed by atoms with Gasteiger partial charge >= 0.3 is 0 Å². The van der Waals surface area contributed by atoms with Crippen molar-refractivity contribution in [3.05, 3.63) is 47.9 Å². The van der Waals surface area contributed by atoms with Crippen LogP contribution in [0.15, 0.2) is 41.4 Å². The third kappa shape index (κ3) is 3.05. The van der Waals surface area contributed by atoms with Gasteiger partial charge in [0.25, 0.3) is 10.0 Å². The Hall–Kier alpha value is -2.15. The van der Waals surface area contributed by atoms with E-state index in [0.29, 0.717) is 11.4 Å². The molecule has 0 saturated carbocycles. The average molecular weight is 295 g/mol. The number of nitrogens with zero attached hydrogens (tertiary/aromatic N) is 1. The molecule has 20 heavy (non-hydrogen) atoms. The molecule has 2 rings (SSSR count). The van der Waals surface area contributed by atoms with Gasteiger partial charge in [-0.2, -0.15) is 0 Å². The van der Waals surface area contributed by atoms with E-state index < -0.39 is 15.8 Å². The highest BCUT2D eigenvalue weighted by Crippen LogP contribution is 2.18. The van der Waals surface area contributed by atoms with Gasteiger partial charge in [-0.1, -0.05) is 6.07 Å². The number of benzene rings is 1. The Labute approximate surface area is 116 Å². The fraction of sp³-hybridized carbons (Fsp3) is 0.154. The summed E-state index contributed by atoms with van der Waals surface area (Å²) in [5, 5.41) is 2.79. The number of nitrogens with one attached hydrogen (secondary N) is 2. The summed E-state index contributed by atoms with van der Waals surface area (Å²) in [5.41, 5.74) is 0.624. The first-order chi connectivity index (χ1) is 9.42. The highest BCUT2D eigenvalue weighted by Gasteiger charge is 2.15. The van der Waals surface area contributed by atoms with Gasteiger partial charge in [-0.15, -0.1) is 0 Å². The normalized spacial score (nSPS) is 11.2. The van der Waals surface area contributed by atoms with Crippen molar-refractivity contribution in [2.75, 3.05) is 17.1 Å². The molecule has 1 heterocycles. The molecule has 2 aromatic rings. The monoisotopic (exact) mass is 295 g/mol. The number of pyridine rings is 1. The van der Waals surface area contributed by atoms with Crippen molar-refractivity contribution in [3.8, 4) is 0 Å². The molecule has 0 amide bonds. The maximum absolute atomic E-state index is 13.4. The minimum Gasteiger partial charge on any atom is -0.373 e. The third-order valence-electron chi connectivity index (χ3n) is 2.73. The Kier molecular flexibility index (Phi) is 3.89. The fourth-order valence-electron chi connectivity index (χ4n) is 1.56. The van der Waals surface area contributed by atoms with Crippen LogP contribution in [0.25, 0.3) is 0 Å². The number of hydrogen-bond donors (Lipinski definition) is 2. The molecule has 0 unspecified atom stereocenters. The lowest BCUT2D eigenvalue weighted by Gasteiger charge is -2.09. The van der Waals surface area contributed by atoms with E-state index in [-0.39, 0.29) is 10.6 Å². The van der Waals surface area contributed by atoms with Crippen LogP contribution in [0.3, 0.4) is 0 Å². The van der Waals surface area contributed by atoms with Crippen molar-refractivity contribution in [2.45, 2.75) is 11.8 Å². The molecular formula is C13H14FN3O2S. The van der Waals surface area contributed by atoms with Gasteiger partial charge in [0.15, 0.2) is 0 Å². The van der Waals surface area contributed by atoms with Gasteiger partial charge in [0.2, 0.25) is 0 Å². The van der Waals surface area contributed by atoms with Crippen LogP contribution in [0.4, 0.5) is 15.9 Å². The second-order valence-corrected chi connectivity index (χ2v) is 5.88. The standard InChI is InChI=1S/C13H14FN3O2S/c1-9-3-4-10(7-12(9)14)17-20(18,19)11-5-6-13(15-2)16-8-11/h3-8,17H,1-2H3,(H,15,16). The summed E-state index contributed by atoms with van der Waals surface area (Å²) in [6.07, 6.45) is 1.23. The highest BCUT2D eigenvalue weighted by molar-refractivity contribution is 7.92. The summed E-state index contributed by atoms with van der Waals surface area (Å²) in [6, 6.07) is 7.12. The molecule has 0 bridgehead atoms. The van der Waals surface area contributed by atoms with Gasteiger partial charge in [0.1, 0.15) is 16.5 Å². The van der Waals surface area contributed by atoms with E-state index >= 15 is 0 Å². The molecule has 0 atom stereocenters. The van der Waals surface area contributed by atoms with E-state index in [1.165, 1.54) is 24.4 Å². The summed E-state index contributed by atoms with van der Waals surface area (Å²) < 4.78 is 39.9. The smallest absolute Gasteiger partial charge is 0.263 e. The Bertz CT molecular complexity index is 715. The topological polar surface area (TPSA) is 71.1 Å². The fourth-order valence-corrected chi connectivity index (χ4v) is 2.55. The molecule has 1 aromatic heterocycles. The van der Waals surface area contributed by atoms with Crippen LogP contribution in [0, 0.1) is 12.7 Å². The number of hydrogen-bond acceptors (Lipinski definition) is 4. The molecular weight excluding hydrogens is 281 g/mol. The number of halogens is 1. The first-order valence-corrected chi connectivity index (χ1v) is 7.33. The van der Waals surface area contributed by atoms with Gasteiger partial charge in [-0.25, -0.2) is 17.8 Å². The number of rotatable bonds is 4. The van der Waals surface area contributed by atoms with Crippen molar-refractivity contribution in [3.63, 3.8) is 0 Å². The minimum absolute atomic E-state index is 0.0116. The van der Waals surface area contributed by atoms with Crippen molar-refractivity contribution < 1.29 is 12.8 Å². The number of sulfonamides is 1. The van der Waals surface area contributed by atoms with Gasteiger partial charge in [-0.3, -0.25) is 4.72 Å². The molecule has 0 fully saturated rings. The SMILES string of the molecule is CNc1ccc(S(=O)(=O)Nc2ccc(C)c(F)c2)cn1. The van der Waals surface area contributed by atoms with Crippen molar-refractivity contribution in [1.29, 1.82) is 0 Å². The molecule has 1 aromatic carbocycles. The van der Waals surface area contributed by atoms with Crippen molar-refractivity contribution >= 4 is 21.5 Å². The molecule has 0 spiro atoms. The summed E-state index contributed by atoms with van der Waals surface area (Å²) in [5.74, 6) is 0.0965. The molecule has 7 heteroatoms. The van der Waals surface area contributed by atoms with E-state index in [1.807, 2.05) is 0 Å². The lowest BCUT2D eigenvalue weighted by molar-refractivity contribution is 0.600. The molecule has 0 aliphatic carbocycles. The van der Waals surface area contributed by atoms with Crippen molar-refractivity contribution in [2.24, 2.45) is 0 Å². The van der Waals surface area contributed by atoms with E-state index in [9.17, 15) is 12.8 Å². The van der Waals surface area contributed by atoms with Crippen LogP contribution >= 0.6 is 0 Å². The Morgan fingerprint density at radius 3 is 2.50 bits per heavy atom. The zero-order valence-electron chi connectivity index (χ0n) is 11.0. The van der Waals surface area contributed by atoms with E-state index in [4.69, 9.17) is 0 Å². The maximum Gasteiger partial charge on any atom is 0.263 e. The number of anilines is 2. The molecule has 0 saturated heterocycles. The van der Waals surface area contributed by atoms with Crippen LogP contribution in [-0.2, 0) is 10.0 Å². The van der Waals surface area contributed by atoms with E-state index in [1.54, 1.807) is 20.0 Å². The van der Waals surface area contributed by atoms with E-state index in [0.717, 1.165) is 6.07 Å². The third-order valence-corrected chi connectivity index (χ3v) is 4.09. The number of aryl methyl sites for hydroxylation is 1. The predicted molar refractivity (Wildman–Crippen MR) is 75.7 cm³/mol. The maximum atomic E-state index is 13.4. The van der Waals surface area contributed by atoms with Crippen LogP contribution in [-0.4, -0.2) is 20.4 Å². The highest BCUT2D eigenvalue weighted by atomic mass is 32.2. The summed E-state index contributed by atoms with van der Waals surface area (Å²) in [4.78, 5) is 3.94. The first kappa shape index (κ1) is 14.3. The van der Waals surface area contributed by atoms with Crippen molar-refractivity contribution in [1.82, 2.24) is 4.98 Å². The predicted octanol–water partition coefficient (Wildman–Crippen LogP) is 2.37. The molecule has 0 radical (unpaired) electrons. The minimum atomic E-state index is -3.77. The van der Waals surface area contributed by atoms with Gasteiger partial charge < -0.3 is 5.32 Å². The molecule has 0 aliphatic heterocycles. The summed E-state index contributed by atoms with van der Waals surface area (Å²) >= 11 is 0. The summed E-state index contributed by atoms with van der Waals surface area (Å²) in [7, 11) is -2.09. The van der Waals surface area contributed by atoms with Crippen LogP contribution in [0.2, 0.25) is 0 Å². The first-order valence-electron chi connectivity index (χ1n) is 5.85.